The molecule has 23 heavy (non-hydrogen) atoms. The summed E-state index contributed by atoms with van der Waals surface area (Å²) in [5.41, 5.74) is 9.17. The second-order valence-corrected chi connectivity index (χ2v) is 8.05. The smallest absolute Gasteiger partial charge is 0.322 e. The molecule has 1 aromatic rings. The zero-order valence-electron chi connectivity index (χ0n) is 15.7. The van der Waals surface area contributed by atoms with E-state index in [9.17, 15) is 4.79 Å². The molecule has 4 heteroatoms. The maximum atomic E-state index is 11.7. The fourth-order valence-corrected chi connectivity index (χ4v) is 2.54. The molecule has 1 aromatic carbocycles. The monoisotopic (exact) mass is 321 g/mol. The summed E-state index contributed by atoms with van der Waals surface area (Å²) < 4.78 is 10.4. The van der Waals surface area contributed by atoms with Gasteiger partial charge >= 0.3 is 5.97 Å². The Balaban J connectivity index is 3.50. The number of hydrogen-bond acceptors (Lipinski definition) is 4. The summed E-state index contributed by atoms with van der Waals surface area (Å²) in [5.74, 6) is 0.398. The summed E-state index contributed by atoms with van der Waals surface area (Å²) in [5, 5.41) is 0. The average Bonchev–Trinajstić information content (AvgIpc) is 2.43. The van der Waals surface area contributed by atoms with Gasteiger partial charge in [-0.15, -0.1) is 0 Å². The molecule has 0 heterocycles. The third-order valence-electron chi connectivity index (χ3n) is 3.99. The van der Waals surface area contributed by atoms with Crippen LogP contribution in [0, 0.1) is 0 Å². The number of methoxy groups -OCH3 is 2. The van der Waals surface area contributed by atoms with Crippen molar-refractivity contribution in [3.05, 3.63) is 28.8 Å². The van der Waals surface area contributed by atoms with Crippen molar-refractivity contribution in [1.29, 1.82) is 0 Å². The van der Waals surface area contributed by atoms with Gasteiger partial charge in [0.05, 0.1) is 14.2 Å². The first-order valence-corrected chi connectivity index (χ1v) is 7.97. The molecular weight excluding hydrogens is 290 g/mol. The molecule has 130 valence electrons. The number of hydrogen-bond donors (Lipinski definition) is 1. The minimum Gasteiger partial charge on any atom is -0.496 e. The highest BCUT2D eigenvalue weighted by atomic mass is 16.5. The van der Waals surface area contributed by atoms with E-state index in [0.29, 0.717) is 6.42 Å². The molecule has 0 bridgehead atoms. The van der Waals surface area contributed by atoms with E-state index in [1.165, 1.54) is 12.7 Å². The Labute approximate surface area is 140 Å². The Kier molecular flexibility index (Phi) is 5.86. The Morgan fingerprint density at radius 2 is 1.65 bits per heavy atom. The maximum Gasteiger partial charge on any atom is 0.322 e. The molecule has 1 atom stereocenters. The largest absolute Gasteiger partial charge is 0.496 e. The number of benzene rings is 1. The van der Waals surface area contributed by atoms with Crippen LogP contribution in [0.2, 0.25) is 0 Å². The molecule has 0 saturated carbocycles. The molecule has 0 aromatic heterocycles. The van der Waals surface area contributed by atoms with Gasteiger partial charge in [0.1, 0.15) is 11.8 Å². The Morgan fingerprint density at radius 3 is 2.04 bits per heavy atom. The van der Waals surface area contributed by atoms with Crippen molar-refractivity contribution >= 4 is 5.97 Å². The van der Waals surface area contributed by atoms with Crippen LogP contribution in [0.1, 0.15) is 58.2 Å². The van der Waals surface area contributed by atoms with E-state index < -0.39 is 12.0 Å². The van der Waals surface area contributed by atoms with Crippen LogP contribution in [0.25, 0.3) is 0 Å². The number of rotatable bonds is 4. The van der Waals surface area contributed by atoms with E-state index >= 15 is 0 Å². The predicted molar refractivity (Wildman–Crippen MR) is 94.1 cm³/mol. The van der Waals surface area contributed by atoms with Crippen LogP contribution in [-0.4, -0.2) is 26.2 Å². The van der Waals surface area contributed by atoms with Crippen molar-refractivity contribution in [1.82, 2.24) is 0 Å². The quantitative estimate of drug-likeness (QED) is 0.864. The van der Waals surface area contributed by atoms with Gasteiger partial charge in [0.15, 0.2) is 0 Å². The zero-order valence-corrected chi connectivity index (χ0v) is 15.7. The molecule has 1 unspecified atom stereocenters. The molecule has 0 amide bonds. The molecule has 4 nitrogen and oxygen atoms in total. The topological polar surface area (TPSA) is 61.5 Å². The molecule has 0 spiro atoms. The van der Waals surface area contributed by atoms with Crippen LogP contribution in [0.3, 0.4) is 0 Å². The second kappa shape index (κ2) is 6.91. The first kappa shape index (κ1) is 19.5. The number of esters is 1. The van der Waals surface area contributed by atoms with Crippen molar-refractivity contribution in [2.24, 2.45) is 5.73 Å². The Morgan fingerprint density at radius 1 is 1.09 bits per heavy atom. The molecule has 0 aliphatic rings. The van der Waals surface area contributed by atoms with Gasteiger partial charge in [-0.05, 0) is 22.0 Å². The van der Waals surface area contributed by atoms with Gasteiger partial charge in [0.25, 0.3) is 0 Å². The van der Waals surface area contributed by atoms with Gasteiger partial charge in [-0.2, -0.15) is 0 Å². The normalized spacial score (nSPS) is 13.6. The second-order valence-electron chi connectivity index (χ2n) is 8.05. The van der Waals surface area contributed by atoms with Gasteiger partial charge in [0, 0.05) is 12.0 Å². The van der Waals surface area contributed by atoms with E-state index in [1.54, 1.807) is 7.11 Å². The standard InChI is InChI=1S/C19H31NO3/c1-18(2,3)13-9-12(10-15(20)17(21)23-8)16(22-7)14(11-13)19(4,5)6/h9,11,15H,10,20H2,1-8H3. The molecule has 0 aliphatic heterocycles. The fourth-order valence-electron chi connectivity index (χ4n) is 2.54. The van der Waals surface area contributed by atoms with E-state index in [-0.39, 0.29) is 10.8 Å². The van der Waals surface area contributed by atoms with E-state index in [2.05, 4.69) is 53.7 Å². The van der Waals surface area contributed by atoms with Crippen LogP contribution in [0.15, 0.2) is 12.1 Å². The van der Waals surface area contributed by atoms with Gasteiger partial charge in [0.2, 0.25) is 0 Å². The highest BCUT2D eigenvalue weighted by Crippen LogP contribution is 2.38. The molecule has 1 rings (SSSR count). The number of ether oxygens (including phenoxy) is 2. The number of carbonyl (C=O) groups is 1. The summed E-state index contributed by atoms with van der Waals surface area (Å²) in [6.07, 6.45) is 0.392. The SMILES string of the molecule is COC(=O)C(N)Cc1cc(C(C)(C)C)cc(C(C)(C)C)c1OC. The number of nitrogens with two attached hydrogens (primary N) is 1. The third-order valence-corrected chi connectivity index (χ3v) is 3.99. The summed E-state index contributed by atoms with van der Waals surface area (Å²) in [6, 6.07) is 3.60. The van der Waals surface area contributed by atoms with Crippen LogP contribution in [-0.2, 0) is 26.8 Å². The van der Waals surface area contributed by atoms with Crippen LogP contribution in [0.4, 0.5) is 0 Å². The van der Waals surface area contributed by atoms with Crippen LogP contribution < -0.4 is 10.5 Å². The minimum absolute atomic E-state index is 0.00359. The van der Waals surface area contributed by atoms with Crippen LogP contribution in [0.5, 0.6) is 5.75 Å². The fraction of sp³-hybridized carbons (Fsp3) is 0.632. The van der Waals surface area contributed by atoms with Crippen molar-refractivity contribution in [2.45, 2.75) is 64.8 Å². The number of carbonyl (C=O) groups excluding carboxylic acids is 1. The lowest BCUT2D eigenvalue weighted by molar-refractivity contribution is -0.142. The average molecular weight is 321 g/mol. The van der Waals surface area contributed by atoms with E-state index in [1.807, 2.05) is 0 Å². The lowest BCUT2D eigenvalue weighted by Gasteiger charge is -2.29. The molecule has 0 radical (unpaired) electrons. The lowest BCUT2D eigenvalue weighted by atomic mass is 9.78. The van der Waals surface area contributed by atoms with Gasteiger partial charge in [-0.25, -0.2) is 0 Å². The lowest BCUT2D eigenvalue weighted by Crippen LogP contribution is -2.34. The summed E-state index contributed by atoms with van der Waals surface area (Å²) in [4.78, 5) is 11.7. The zero-order chi connectivity index (χ0) is 18.0. The van der Waals surface area contributed by atoms with Gasteiger partial charge < -0.3 is 15.2 Å². The van der Waals surface area contributed by atoms with Gasteiger partial charge in [-0.1, -0.05) is 53.7 Å². The Bertz CT molecular complexity index is 565. The summed E-state index contributed by atoms with van der Waals surface area (Å²) in [7, 11) is 3.01. The van der Waals surface area contributed by atoms with Crippen molar-refractivity contribution in [3.63, 3.8) is 0 Å². The molecule has 0 fully saturated rings. The highest BCUT2D eigenvalue weighted by Gasteiger charge is 2.27. The van der Waals surface area contributed by atoms with Gasteiger partial charge in [-0.3, -0.25) is 4.79 Å². The molecule has 2 N–H and O–H groups in total. The highest BCUT2D eigenvalue weighted by molar-refractivity contribution is 5.76. The first-order valence-electron chi connectivity index (χ1n) is 7.97. The summed E-state index contributed by atoms with van der Waals surface area (Å²) >= 11 is 0. The summed E-state index contributed by atoms with van der Waals surface area (Å²) in [6.45, 7) is 13.0. The Hall–Kier alpha value is -1.55. The van der Waals surface area contributed by atoms with Crippen molar-refractivity contribution in [3.8, 4) is 5.75 Å². The van der Waals surface area contributed by atoms with Crippen molar-refractivity contribution in [2.75, 3.05) is 14.2 Å². The minimum atomic E-state index is -0.697. The van der Waals surface area contributed by atoms with Crippen molar-refractivity contribution < 1.29 is 14.3 Å². The molecule has 0 aliphatic carbocycles. The van der Waals surface area contributed by atoms with E-state index in [0.717, 1.165) is 16.9 Å². The van der Waals surface area contributed by atoms with E-state index in [4.69, 9.17) is 15.2 Å². The first-order chi connectivity index (χ1) is 10.4. The predicted octanol–water partition coefficient (Wildman–Crippen LogP) is 3.33. The third kappa shape index (κ3) is 4.71. The molecule has 0 saturated heterocycles. The maximum absolute atomic E-state index is 11.7. The molecular formula is C19H31NO3. The van der Waals surface area contributed by atoms with Crippen LogP contribution >= 0.6 is 0 Å².